The fraction of sp³-hybridized carbons (Fsp3) is 0.521. The minimum absolute atomic E-state index is 0.426. The normalized spacial score (nSPS) is 14.4. The van der Waals surface area contributed by atoms with Crippen molar-refractivity contribution in [3.63, 3.8) is 0 Å². The summed E-state index contributed by atoms with van der Waals surface area (Å²) >= 11 is 0. The molecule has 0 bridgehead atoms. The highest BCUT2D eigenvalue weighted by Crippen LogP contribution is 2.54. The molecule has 1 aliphatic rings. The van der Waals surface area contributed by atoms with E-state index >= 15 is 0 Å². The molecule has 1 aromatic heterocycles. The minimum Gasteiger partial charge on any atom is -0.473 e. The molecule has 292 valence electrons. The number of unbranched alkanes of at least 4 members (excludes halogenated alkanes) is 4. The van der Waals surface area contributed by atoms with E-state index in [1.807, 2.05) is 42.5 Å². The summed E-state index contributed by atoms with van der Waals surface area (Å²) in [5.41, 5.74) is 5.53. The van der Waals surface area contributed by atoms with Crippen LogP contribution in [0.2, 0.25) is 17.6 Å². The third kappa shape index (κ3) is 11.5. The van der Waals surface area contributed by atoms with Crippen LogP contribution in [0.25, 0.3) is 11.1 Å². The van der Waals surface area contributed by atoms with E-state index in [4.69, 9.17) is 18.9 Å². The fourth-order valence-electron chi connectivity index (χ4n) is 8.28. The van der Waals surface area contributed by atoms with Crippen LogP contribution >= 0.6 is 0 Å². The van der Waals surface area contributed by atoms with Crippen LogP contribution in [-0.4, -0.2) is 33.0 Å². The van der Waals surface area contributed by atoms with Crippen LogP contribution in [0.4, 0.5) is 5.69 Å². The van der Waals surface area contributed by atoms with E-state index in [1.165, 1.54) is 88.8 Å². The highest BCUT2D eigenvalue weighted by Gasteiger charge is 2.49. The first-order chi connectivity index (χ1) is 26.4. The van der Waals surface area contributed by atoms with Gasteiger partial charge in [-0.1, -0.05) is 152 Å². The predicted molar refractivity (Wildman–Crippen MR) is 230 cm³/mol. The molecule has 1 aliphatic heterocycles. The molecule has 1 unspecified atom stereocenters. The maximum atomic E-state index is 7.30. The molecule has 5 nitrogen and oxygen atoms in total. The first-order valence-corrected chi connectivity index (χ1v) is 23.9. The van der Waals surface area contributed by atoms with Crippen molar-refractivity contribution in [2.45, 2.75) is 136 Å². The van der Waals surface area contributed by atoms with Crippen LogP contribution in [0.5, 0.6) is 11.8 Å². The van der Waals surface area contributed by atoms with Gasteiger partial charge < -0.3 is 18.8 Å². The number of benzene rings is 3. The number of aromatic nitrogens is 1. The summed E-state index contributed by atoms with van der Waals surface area (Å²) in [7, 11) is -1.93. The zero-order chi connectivity index (χ0) is 38.1. The number of hydrogen-bond acceptors (Lipinski definition) is 5. The first kappa shape index (κ1) is 41.5. The van der Waals surface area contributed by atoms with Crippen LogP contribution in [-0.2, 0) is 17.6 Å². The quantitative estimate of drug-likeness (QED) is 0.0632. The van der Waals surface area contributed by atoms with Crippen LogP contribution in [0.15, 0.2) is 97.1 Å². The van der Waals surface area contributed by atoms with Crippen molar-refractivity contribution < 1.29 is 13.9 Å². The van der Waals surface area contributed by atoms with Crippen LogP contribution < -0.4 is 14.4 Å². The summed E-state index contributed by atoms with van der Waals surface area (Å²) in [6.45, 7) is 16.1. The van der Waals surface area contributed by atoms with Crippen molar-refractivity contribution in [3.8, 4) is 22.9 Å². The molecule has 4 aromatic rings. The van der Waals surface area contributed by atoms with Gasteiger partial charge >= 0.3 is 0 Å². The molecule has 0 amide bonds. The zero-order valence-corrected chi connectivity index (χ0v) is 35.2. The lowest BCUT2D eigenvalue weighted by Gasteiger charge is -2.49. The molecular formula is C48H68N2O3Si. The van der Waals surface area contributed by atoms with Crippen LogP contribution in [0.3, 0.4) is 0 Å². The standard InChI is InChI=1S/C48H68N2O3Si/c1-6-10-31-48(32-11-7-2,33-12-8-3)54(5,35-13-9-4)53-34-30-42-36-50(37-42)44-26-24-43(25-27-44)45-28-29-46(51-38-40-20-16-14-17-21-40)49-47(45)52-39-41-22-18-15-19-23-41/h14-29,42H,6-13,30-39H2,1-5H3. The van der Waals surface area contributed by atoms with Crippen molar-refractivity contribution in [1.82, 2.24) is 4.98 Å². The molecule has 6 heteroatoms. The summed E-state index contributed by atoms with van der Waals surface area (Å²) < 4.78 is 19.7. The lowest BCUT2D eigenvalue weighted by atomic mass is 9.89. The van der Waals surface area contributed by atoms with E-state index in [-0.39, 0.29) is 0 Å². The summed E-state index contributed by atoms with van der Waals surface area (Å²) in [5, 5.41) is 0.426. The number of pyridine rings is 1. The third-order valence-electron chi connectivity index (χ3n) is 11.9. The molecule has 3 aromatic carbocycles. The Morgan fingerprint density at radius 1 is 0.667 bits per heavy atom. The number of ether oxygens (including phenoxy) is 2. The van der Waals surface area contributed by atoms with Gasteiger partial charge in [-0.15, -0.1) is 0 Å². The Bertz CT molecular complexity index is 1610. The van der Waals surface area contributed by atoms with Gasteiger partial charge in [0, 0.05) is 37.0 Å². The minimum atomic E-state index is -1.93. The van der Waals surface area contributed by atoms with E-state index < -0.39 is 8.32 Å². The number of anilines is 1. The van der Waals surface area contributed by atoms with E-state index in [2.05, 4.69) is 93.7 Å². The Balaban J connectivity index is 1.21. The number of hydrogen-bond donors (Lipinski definition) is 0. The molecule has 2 heterocycles. The summed E-state index contributed by atoms with van der Waals surface area (Å²) in [6, 6.07) is 34.7. The van der Waals surface area contributed by atoms with E-state index in [0.717, 1.165) is 42.0 Å². The topological polar surface area (TPSA) is 43.8 Å². The smallest absolute Gasteiger partial charge is 0.225 e. The Morgan fingerprint density at radius 2 is 1.22 bits per heavy atom. The molecule has 54 heavy (non-hydrogen) atoms. The second kappa shape index (κ2) is 21.5. The van der Waals surface area contributed by atoms with Crippen LogP contribution in [0, 0.1) is 5.92 Å². The Morgan fingerprint density at radius 3 is 1.78 bits per heavy atom. The molecule has 1 fully saturated rings. The van der Waals surface area contributed by atoms with Gasteiger partial charge in [0.2, 0.25) is 11.8 Å². The van der Waals surface area contributed by atoms with E-state index in [1.54, 1.807) is 0 Å². The fourth-order valence-corrected chi connectivity index (χ4v) is 13.0. The number of nitrogens with zero attached hydrogens (tertiary/aromatic N) is 2. The first-order valence-electron chi connectivity index (χ1n) is 21.3. The van der Waals surface area contributed by atoms with Crippen LogP contribution in [0.1, 0.15) is 116 Å². The Kier molecular flexibility index (Phi) is 16.5. The highest BCUT2D eigenvalue weighted by atomic mass is 28.4. The van der Waals surface area contributed by atoms with Gasteiger partial charge in [-0.2, -0.15) is 4.98 Å². The average molecular weight is 749 g/mol. The third-order valence-corrected chi connectivity index (χ3v) is 17.0. The monoisotopic (exact) mass is 748 g/mol. The van der Waals surface area contributed by atoms with Gasteiger partial charge in [0.15, 0.2) is 8.32 Å². The summed E-state index contributed by atoms with van der Waals surface area (Å²) in [6.07, 6.45) is 15.7. The lowest BCUT2D eigenvalue weighted by Crippen LogP contribution is -2.50. The van der Waals surface area contributed by atoms with Crippen molar-refractivity contribution in [2.24, 2.45) is 5.92 Å². The van der Waals surface area contributed by atoms with E-state index in [0.29, 0.717) is 35.9 Å². The average Bonchev–Trinajstić information content (AvgIpc) is 3.20. The molecule has 5 rings (SSSR count). The van der Waals surface area contributed by atoms with Crippen molar-refractivity contribution >= 4 is 14.0 Å². The molecule has 0 spiro atoms. The van der Waals surface area contributed by atoms with Gasteiger partial charge in [-0.05, 0) is 84.1 Å². The van der Waals surface area contributed by atoms with Gasteiger partial charge in [0.05, 0.1) is 0 Å². The van der Waals surface area contributed by atoms with Crippen molar-refractivity contribution in [1.29, 1.82) is 0 Å². The maximum Gasteiger partial charge on any atom is 0.225 e. The maximum absolute atomic E-state index is 7.30. The number of rotatable bonds is 25. The van der Waals surface area contributed by atoms with Gasteiger partial charge in [0.25, 0.3) is 0 Å². The second-order valence-corrected chi connectivity index (χ2v) is 20.2. The van der Waals surface area contributed by atoms with Crippen molar-refractivity contribution in [2.75, 3.05) is 24.6 Å². The van der Waals surface area contributed by atoms with Crippen molar-refractivity contribution in [3.05, 3.63) is 108 Å². The summed E-state index contributed by atoms with van der Waals surface area (Å²) in [4.78, 5) is 7.35. The predicted octanol–water partition coefficient (Wildman–Crippen LogP) is 13.4. The molecule has 1 atom stereocenters. The Hall–Kier alpha value is -3.61. The largest absolute Gasteiger partial charge is 0.473 e. The molecule has 0 N–H and O–H groups in total. The van der Waals surface area contributed by atoms with Gasteiger partial charge in [0.1, 0.15) is 13.2 Å². The molecule has 0 aliphatic carbocycles. The molecule has 1 saturated heterocycles. The van der Waals surface area contributed by atoms with E-state index in [9.17, 15) is 0 Å². The second-order valence-electron chi connectivity index (χ2n) is 15.9. The zero-order valence-electron chi connectivity index (χ0n) is 34.2. The Labute approximate surface area is 329 Å². The highest BCUT2D eigenvalue weighted by molar-refractivity contribution is 6.75. The molecular weight excluding hydrogens is 681 g/mol. The SMILES string of the molecule is CCCCC(CCCC)(CCCC)[Si](C)(CCCC)OCCC1CN(c2ccc(-c3ccc(OCc4ccccc4)nc3OCc3ccccc3)cc2)C1. The molecule has 0 radical (unpaired) electrons. The molecule has 0 saturated carbocycles. The summed E-state index contributed by atoms with van der Waals surface area (Å²) in [5.74, 6) is 1.83. The lowest BCUT2D eigenvalue weighted by molar-refractivity contribution is 0.215. The van der Waals surface area contributed by atoms with Gasteiger partial charge in [-0.25, -0.2) is 0 Å². The van der Waals surface area contributed by atoms with Gasteiger partial charge in [-0.3, -0.25) is 0 Å².